The number of imide groups is 1. The Morgan fingerprint density at radius 2 is 1.52 bits per heavy atom. The summed E-state index contributed by atoms with van der Waals surface area (Å²) in [6.45, 7) is 0. The maximum atomic E-state index is 12.6. The third-order valence-electron chi connectivity index (χ3n) is 3.62. The standard InChI is InChI=1S/C19H20N2O6/c1-20-19(24)21-17(22)16(12-7-5-4-6-8-12)27-18(23)13-9-14(25-2)11-15(10-13)26-3/h4-11,16H,1-3H3,(H2,20,21,22,24)/t16-/m0/s1. The molecule has 0 spiro atoms. The topological polar surface area (TPSA) is 103 Å². The van der Waals surface area contributed by atoms with E-state index in [4.69, 9.17) is 14.2 Å². The van der Waals surface area contributed by atoms with Gasteiger partial charge in [0.1, 0.15) is 11.5 Å². The number of carbonyl (C=O) groups is 3. The van der Waals surface area contributed by atoms with Crippen molar-refractivity contribution in [2.24, 2.45) is 0 Å². The van der Waals surface area contributed by atoms with Gasteiger partial charge in [0, 0.05) is 18.7 Å². The van der Waals surface area contributed by atoms with Crippen LogP contribution in [0.2, 0.25) is 0 Å². The molecule has 1 atom stereocenters. The molecule has 0 aliphatic rings. The van der Waals surface area contributed by atoms with Gasteiger partial charge in [0.2, 0.25) is 6.10 Å². The number of amides is 3. The molecule has 8 nitrogen and oxygen atoms in total. The Kier molecular flexibility index (Phi) is 6.76. The zero-order valence-corrected chi connectivity index (χ0v) is 15.1. The Hall–Kier alpha value is -3.55. The maximum absolute atomic E-state index is 12.6. The molecule has 2 N–H and O–H groups in total. The van der Waals surface area contributed by atoms with Gasteiger partial charge < -0.3 is 19.5 Å². The van der Waals surface area contributed by atoms with Crippen molar-refractivity contribution in [3.8, 4) is 11.5 Å². The number of benzene rings is 2. The van der Waals surface area contributed by atoms with E-state index in [1.807, 2.05) is 0 Å². The zero-order chi connectivity index (χ0) is 19.8. The maximum Gasteiger partial charge on any atom is 0.339 e. The van der Waals surface area contributed by atoms with Gasteiger partial charge in [-0.1, -0.05) is 30.3 Å². The van der Waals surface area contributed by atoms with Gasteiger partial charge in [-0.05, 0) is 12.1 Å². The molecule has 0 radical (unpaired) electrons. The van der Waals surface area contributed by atoms with Crippen LogP contribution >= 0.6 is 0 Å². The molecule has 8 heteroatoms. The van der Waals surface area contributed by atoms with Crippen LogP contribution in [0.25, 0.3) is 0 Å². The van der Waals surface area contributed by atoms with Gasteiger partial charge in [-0.25, -0.2) is 9.59 Å². The summed E-state index contributed by atoms with van der Waals surface area (Å²) < 4.78 is 15.7. The number of carbonyl (C=O) groups excluding carboxylic acids is 3. The minimum atomic E-state index is -1.31. The number of hydrogen-bond donors (Lipinski definition) is 2. The number of methoxy groups -OCH3 is 2. The molecule has 0 saturated heterocycles. The second kappa shape index (κ2) is 9.23. The quantitative estimate of drug-likeness (QED) is 0.753. The highest BCUT2D eigenvalue weighted by Gasteiger charge is 2.27. The highest BCUT2D eigenvalue weighted by atomic mass is 16.5. The fraction of sp³-hybridized carbons (Fsp3) is 0.211. The van der Waals surface area contributed by atoms with Gasteiger partial charge in [0.25, 0.3) is 5.91 Å². The predicted octanol–water partition coefficient (Wildman–Crippen LogP) is 2.06. The first-order valence-electron chi connectivity index (χ1n) is 8.00. The number of hydrogen-bond acceptors (Lipinski definition) is 6. The van der Waals surface area contributed by atoms with Crippen molar-refractivity contribution in [1.29, 1.82) is 0 Å². The third-order valence-corrected chi connectivity index (χ3v) is 3.62. The highest BCUT2D eigenvalue weighted by molar-refractivity contribution is 5.99. The van der Waals surface area contributed by atoms with Crippen molar-refractivity contribution in [3.05, 3.63) is 59.7 Å². The van der Waals surface area contributed by atoms with Crippen LogP contribution < -0.4 is 20.1 Å². The number of rotatable bonds is 6. The number of urea groups is 1. The summed E-state index contributed by atoms with van der Waals surface area (Å²) in [6.07, 6.45) is -1.31. The predicted molar refractivity (Wildman–Crippen MR) is 96.7 cm³/mol. The van der Waals surface area contributed by atoms with E-state index < -0.39 is 24.0 Å². The molecule has 2 aromatic carbocycles. The molecule has 27 heavy (non-hydrogen) atoms. The van der Waals surface area contributed by atoms with E-state index in [1.165, 1.54) is 33.4 Å². The fourth-order valence-electron chi connectivity index (χ4n) is 2.24. The van der Waals surface area contributed by atoms with Gasteiger partial charge in [0.15, 0.2) is 0 Å². The van der Waals surface area contributed by atoms with Crippen molar-refractivity contribution in [1.82, 2.24) is 10.6 Å². The summed E-state index contributed by atoms with van der Waals surface area (Å²) >= 11 is 0. The largest absolute Gasteiger partial charge is 0.497 e. The lowest BCUT2D eigenvalue weighted by Gasteiger charge is -2.18. The molecule has 0 aromatic heterocycles. The van der Waals surface area contributed by atoms with Gasteiger partial charge in [0.05, 0.1) is 19.8 Å². The molecule has 3 amide bonds. The van der Waals surface area contributed by atoms with E-state index in [2.05, 4.69) is 10.6 Å². The van der Waals surface area contributed by atoms with Crippen LogP contribution in [0.15, 0.2) is 48.5 Å². The Labute approximate surface area is 156 Å². The van der Waals surface area contributed by atoms with Crippen LogP contribution in [0.4, 0.5) is 4.79 Å². The monoisotopic (exact) mass is 372 g/mol. The Morgan fingerprint density at radius 1 is 0.926 bits per heavy atom. The van der Waals surface area contributed by atoms with E-state index >= 15 is 0 Å². The summed E-state index contributed by atoms with van der Waals surface area (Å²) in [6, 6.07) is 12.2. The Morgan fingerprint density at radius 3 is 2.04 bits per heavy atom. The lowest BCUT2D eigenvalue weighted by atomic mass is 10.1. The molecule has 0 aliphatic heterocycles. The molecular weight excluding hydrogens is 352 g/mol. The van der Waals surface area contributed by atoms with Gasteiger partial charge in [-0.15, -0.1) is 0 Å². The van der Waals surface area contributed by atoms with E-state index in [-0.39, 0.29) is 5.56 Å². The second-order valence-electron chi connectivity index (χ2n) is 5.37. The van der Waals surface area contributed by atoms with Crippen LogP contribution in [0.1, 0.15) is 22.0 Å². The summed E-state index contributed by atoms with van der Waals surface area (Å²) in [7, 11) is 4.27. The van der Waals surface area contributed by atoms with E-state index in [0.29, 0.717) is 17.1 Å². The first-order valence-corrected chi connectivity index (χ1v) is 8.00. The molecule has 0 aliphatic carbocycles. The fourth-order valence-corrected chi connectivity index (χ4v) is 2.24. The highest BCUT2D eigenvalue weighted by Crippen LogP contribution is 2.25. The lowest BCUT2D eigenvalue weighted by molar-refractivity contribution is -0.129. The van der Waals surface area contributed by atoms with E-state index in [0.717, 1.165) is 0 Å². The minimum Gasteiger partial charge on any atom is -0.497 e. The summed E-state index contributed by atoms with van der Waals surface area (Å²) in [4.78, 5) is 36.5. The van der Waals surface area contributed by atoms with Crippen LogP contribution in [0.3, 0.4) is 0 Å². The molecule has 2 aromatic rings. The minimum absolute atomic E-state index is 0.139. The molecule has 0 heterocycles. The normalized spacial score (nSPS) is 11.1. The number of esters is 1. The average molecular weight is 372 g/mol. The Balaban J connectivity index is 2.30. The molecule has 0 saturated carbocycles. The van der Waals surface area contributed by atoms with Gasteiger partial charge >= 0.3 is 12.0 Å². The van der Waals surface area contributed by atoms with Crippen molar-refractivity contribution in [2.75, 3.05) is 21.3 Å². The van der Waals surface area contributed by atoms with Crippen LogP contribution in [-0.2, 0) is 9.53 Å². The molecular formula is C19H20N2O6. The van der Waals surface area contributed by atoms with Gasteiger partial charge in [-0.3, -0.25) is 10.1 Å². The number of nitrogens with one attached hydrogen (secondary N) is 2. The SMILES string of the molecule is CNC(=O)NC(=O)[C@@H](OC(=O)c1cc(OC)cc(OC)c1)c1ccccc1. The van der Waals surface area contributed by atoms with Crippen molar-refractivity contribution in [3.63, 3.8) is 0 Å². The van der Waals surface area contributed by atoms with Crippen LogP contribution in [0.5, 0.6) is 11.5 Å². The Bertz CT molecular complexity index is 800. The molecule has 2 rings (SSSR count). The summed E-state index contributed by atoms with van der Waals surface area (Å²) in [5, 5.41) is 4.39. The average Bonchev–Trinajstić information content (AvgIpc) is 2.71. The first kappa shape index (κ1) is 19.8. The van der Waals surface area contributed by atoms with Crippen LogP contribution in [-0.4, -0.2) is 39.2 Å². The smallest absolute Gasteiger partial charge is 0.339 e. The molecule has 0 fully saturated rings. The van der Waals surface area contributed by atoms with Crippen molar-refractivity contribution >= 4 is 17.9 Å². The van der Waals surface area contributed by atoms with Crippen molar-refractivity contribution in [2.45, 2.75) is 6.10 Å². The summed E-state index contributed by atoms with van der Waals surface area (Å²) in [5.74, 6) is -0.753. The van der Waals surface area contributed by atoms with E-state index in [9.17, 15) is 14.4 Å². The second-order valence-corrected chi connectivity index (χ2v) is 5.37. The van der Waals surface area contributed by atoms with E-state index in [1.54, 1.807) is 36.4 Å². The van der Waals surface area contributed by atoms with Crippen molar-refractivity contribution < 1.29 is 28.6 Å². The third kappa shape index (κ3) is 5.21. The molecule has 0 bridgehead atoms. The molecule has 0 unspecified atom stereocenters. The summed E-state index contributed by atoms with van der Waals surface area (Å²) in [5.41, 5.74) is 0.557. The zero-order valence-electron chi connectivity index (χ0n) is 15.1. The first-order chi connectivity index (χ1) is 13.0. The van der Waals surface area contributed by atoms with Crippen LogP contribution in [0, 0.1) is 0 Å². The van der Waals surface area contributed by atoms with Gasteiger partial charge in [-0.2, -0.15) is 0 Å². The lowest BCUT2D eigenvalue weighted by Crippen LogP contribution is -2.41. The number of ether oxygens (including phenoxy) is 3. The molecule has 142 valence electrons.